The number of amides is 1. The Hall–Kier alpha value is -0.650. The molecule has 5 nitrogen and oxygen atoms in total. The van der Waals surface area contributed by atoms with E-state index in [1.807, 2.05) is 0 Å². The normalized spacial score (nSPS) is 26.0. The number of carbonyl (C=O) groups is 1. The molecule has 0 saturated carbocycles. The molecule has 0 aromatic heterocycles. The standard InChI is InChI=1S/C9H19N3O2/c1-7(4-10)5-12-2-3-14-6-8(12)9(11)13/h7-8H,2-6,10H2,1H3,(H2,11,13). The summed E-state index contributed by atoms with van der Waals surface area (Å²) in [4.78, 5) is 13.2. The van der Waals surface area contributed by atoms with Crippen molar-refractivity contribution >= 4 is 5.91 Å². The van der Waals surface area contributed by atoms with E-state index in [9.17, 15) is 4.79 Å². The van der Waals surface area contributed by atoms with Crippen LogP contribution >= 0.6 is 0 Å². The first-order chi connectivity index (χ1) is 6.65. The minimum absolute atomic E-state index is 0.280. The van der Waals surface area contributed by atoms with Gasteiger partial charge in [-0.3, -0.25) is 9.69 Å². The number of nitrogens with zero attached hydrogens (tertiary/aromatic N) is 1. The zero-order valence-electron chi connectivity index (χ0n) is 8.61. The maximum atomic E-state index is 11.1. The van der Waals surface area contributed by atoms with E-state index in [2.05, 4.69) is 11.8 Å². The van der Waals surface area contributed by atoms with Crippen molar-refractivity contribution in [3.63, 3.8) is 0 Å². The second-order valence-corrected chi connectivity index (χ2v) is 3.83. The van der Waals surface area contributed by atoms with Crippen molar-refractivity contribution in [2.24, 2.45) is 17.4 Å². The minimum Gasteiger partial charge on any atom is -0.378 e. The number of carbonyl (C=O) groups excluding carboxylic acids is 1. The molecule has 5 heteroatoms. The number of rotatable bonds is 4. The molecule has 1 heterocycles. The van der Waals surface area contributed by atoms with Gasteiger partial charge in [-0.15, -0.1) is 0 Å². The number of primary amides is 1. The average Bonchev–Trinajstić information content (AvgIpc) is 2.18. The van der Waals surface area contributed by atoms with Gasteiger partial charge in [0.15, 0.2) is 0 Å². The Morgan fingerprint density at radius 3 is 3.00 bits per heavy atom. The zero-order valence-corrected chi connectivity index (χ0v) is 8.61. The minimum atomic E-state index is -0.311. The number of nitrogens with two attached hydrogens (primary N) is 2. The lowest BCUT2D eigenvalue weighted by atomic mass is 10.1. The quantitative estimate of drug-likeness (QED) is 0.596. The van der Waals surface area contributed by atoms with Crippen LogP contribution in [0.4, 0.5) is 0 Å². The summed E-state index contributed by atoms with van der Waals surface area (Å²) < 4.78 is 5.22. The van der Waals surface area contributed by atoms with Crippen LogP contribution in [-0.2, 0) is 9.53 Å². The molecular formula is C9H19N3O2. The van der Waals surface area contributed by atoms with Crippen LogP contribution in [0.25, 0.3) is 0 Å². The molecule has 0 bridgehead atoms. The molecule has 82 valence electrons. The first-order valence-electron chi connectivity index (χ1n) is 4.96. The van der Waals surface area contributed by atoms with Crippen molar-refractivity contribution in [1.82, 2.24) is 4.90 Å². The molecule has 0 spiro atoms. The van der Waals surface area contributed by atoms with Crippen LogP contribution in [0.1, 0.15) is 6.92 Å². The van der Waals surface area contributed by atoms with Gasteiger partial charge < -0.3 is 16.2 Å². The van der Waals surface area contributed by atoms with Crippen LogP contribution in [0, 0.1) is 5.92 Å². The van der Waals surface area contributed by atoms with Gasteiger partial charge in [0.25, 0.3) is 0 Å². The largest absolute Gasteiger partial charge is 0.378 e. The average molecular weight is 201 g/mol. The molecule has 0 aliphatic carbocycles. The predicted molar refractivity (Wildman–Crippen MR) is 53.6 cm³/mol. The van der Waals surface area contributed by atoms with E-state index >= 15 is 0 Å². The first-order valence-corrected chi connectivity index (χ1v) is 4.96. The molecule has 4 N–H and O–H groups in total. The molecule has 1 fully saturated rings. The predicted octanol–water partition coefficient (Wildman–Crippen LogP) is -1.23. The lowest BCUT2D eigenvalue weighted by Gasteiger charge is -2.34. The van der Waals surface area contributed by atoms with Crippen molar-refractivity contribution in [2.45, 2.75) is 13.0 Å². The van der Waals surface area contributed by atoms with E-state index < -0.39 is 0 Å². The Balaban J connectivity index is 2.49. The molecule has 1 aliphatic heterocycles. The van der Waals surface area contributed by atoms with Gasteiger partial charge in [0.05, 0.1) is 13.2 Å². The van der Waals surface area contributed by atoms with Crippen LogP contribution in [0.3, 0.4) is 0 Å². The van der Waals surface area contributed by atoms with Crippen molar-refractivity contribution < 1.29 is 9.53 Å². The fourth-order valence-corrected chi connectivity index (χ4v) is 1.59. The molecule has 1 rings (SSSR count). The van der Waals surface area contributed by atoms with Crippen LogP contribution in [0.15, 0.2) is 0 Å². The molecular weight excluding hydrogens is 182 g/mol. The molecule has 1 amide bonds. The van der Waals surface area contributed by atoms with Crippen LogP contribution < -0.4 is 11.5 Å². The third kappa shape index (κ3) is 2.94. The van der Waals surface area contributed by atoms with Gasteiger partial charge in [-0.1, -0.05) is 6.92 Å². The van der Waals surface area contributed by atoms with Crippen molar-refractivity contribution in [3.05, 3.63) is 0 Å². The second kappa shape index (κ2) is 5.29. The van der Waals surface area contributed by atoms with E-state index in [0.717, 1.165) is 13.1 Å². The molecule has 1 aliphatic rings. The van der Waals surface area contributed by atoms with E-state index in [-0.39, 0.29) is 11.9 Å². The molecule has 0 aromatic rings. The molecule has 1 saturated heterocycles. The highest BCUT2D eigenvalue weighted by Gasteiger charge is 2.28. The number of ether oxygens (including phenoxy) is 1. The summed E-state index contributed by atoms with van der Waals surface area (Å²) in [6, 6.07) is -0.280. The highest BCUT2D eigenvalue weighted by Crippen LogP contribution is 2.09. The highest BCUT2D eigenvalue weighted by molar-refractivity contribution is 5.80. The van der Waals surface area contributed by atoms with Gasteiger partial charge in [0.1, 0.15) is 6.04 Å². The van der Waals surface area contributed by atoms with E-state index in [4.69, 9.17) is 16.2 Å². The summed E-state index contributed by atoms with van der Waals surface area (Å²) in [5, 5.41) is 0. The second-order valence-electron chi connectivity index (χ2n) is 3.83. The monoisotopic (exact) mass is 201 g/mol. The van der Waals surface area contributed by atoms with Crippen molar-refractivity contribution in [1.29, 1.82) is 0 Å². The molecule has 2 atom stereocenters. The fourth-order valence-electron chi connectivity index (χ4n) is 1.59. The van der Waals surface area contributed by atoms with E-state index in [0.29, 0.717) is 25.7 Å². The zero-order chi connectivity index (χ0) is 10.6. The maximum Gasteiger partial charge on any atom is 0.237 e. The SMILES string of the molecule is CC(CN)CN1CCOCC1C(N)=O. The fraction of sp³-hybridized carbons (Fsp3) is 0.889. The number of hydrogen-bond acceptors (Lipinski definition) is 4. The summed E-state index contributed by atoms with van der Waals surface area (Å²) in [5.74, 6) is 0.0730. The van der Waals surface area contributed by atoms with Gasteiger partial charge in [-0.25, -0.2) is 0 Å². The lowest BCUT2D eigenvalue weighted by molar-refractivity contribution is -0.129. The number of morpholine rings is 1. The molecule has 0 radical (unpaired) electrons. The molecule has 2 unspecified atom stereocenters. The van der Waals surface area contributed by atoms with E-state index in [1.165, 1.54) is 0 Å². The summed E-state index contributed by atoms with van der Waals surface area (Å²) in [7, 11) is 0. The molecule has 14 heavy (non-hydrogen) atoms. The summed E-state index contributed by atoms with van der Waals surface area (Å²) in [6.07, 6.45) is 0. The molecule has 0 aromatic carbocycles. The van der Waals surface area contributed by atoms with Gasteiger partial charge in [-0.2, -0.15) is 0 Å². The van der Waals surface area contributed by atoms with Gasteiger partial charge in [0, 0.05) is 13.1 Å². The third-order valence-corrected chi connectivity index (χ3v) is 2.52. The Kier molecular flexibility index (Phi) is 4.31. The number of hydrogen-bond donors (Lipinski definition) is 2. The van der Waals surface area contributed by atoms with Crippen LogP contribution in [0.2, 0.25) is 0 Å². The highest BCUT2D eigenvalue weighted by atomic mass is 16.5. The summed E-state index contributed by atoms with van der Waals surface area (Å²) >= 11 is 0. The van der Waals surface area contributed by atoms with E-state index in [1.54, 1.807) is 0 Å². The first kappa shape index (κ1) is 11.4. The Bertz CT molecular complexity index is 198. The van der Waals surface area contributed by atoms with Gasteiger partial charge in [0.2, 0.25) is 5.91 Å². The van der Waals surface area contributed by atoms with Crippen molar-refractivity contribution in [2.75, 3.05) is 32.8 Å². The van der Waals surface area contributed by atoms with Crippen molar-refractivity contribution in [3.8, 4) is 0 Å². The lowest BCUT2D eigenvalue weighted by Crippen LogP contribution is -2.53. The van der Waals surface area contributed by atoms with Gasteiger partial charge >= 0.3 is 0 Å². The summed E-state index contributed by atoms with van der Waals surface area (Å²) in [5.41, 5.74) is 10.8. The van der Waals surface area contributed by atoms with Gasteiger partial charge in [-0.05, 0) is 12.5 Å². The Labute approximate surface area is 84.4 Å². The summed E-state index contributed by atoms with van der Waals surface area (Å²) in [6.45, 7) is 5.34. The maximum absolute atomic E-state index is 11.1. The Morgan fingerprint density at radius 2 is 2.43 bits per heavy atom. The topological polar surface area (TPSA) is 81.6 Å². The smallest absolute Gasteiger partial charge is 0.237 e. The van der Waals surface area contributed by atoms with Crippen LogP contribution in [-0.4, -0.2) is 49.7 Å². The van der Waals surface area contributed by atoms with Crippen LogP contribution in [0.5, 0.6) is 0 Å². The third-order valence-electron chi connectivity index (χ3n) is 2.52. The Morgan fingerprint density at radius 1 is 1.71 bits per heavy atom.